The van der Waals surface area contributed by atoms with Crippen LogP contribution in [-0.2, 0) is 9.53 Å². The molecule has 0 N–H and O–H groups in total. The summed E-state index contributed by atoms with van der Waals surface area (Å²) < 4.78 is 4.46. The Balaban J connectivity index is 2.59. The van der Waals surface area contributed by atoms with Gasteiger partial charge in [-0.1, -0.05) is 48.1 Å². The van der Waals surface area contributed by atoms with E-state index in [0.29, 0.717) is 0 Å². The number of esters is 1. The van der Waals surface area contributed by atoms with Crippen molar-refractivity contribution in [1.82, 2.24) is 0 Å². The Morgan fingerprint density at radius 1 is 1.33 bits per heavy atom. The van der Waals surface area contributed by atoms with Gasteiger partial charge in [0.15, 0.2) is 0 Å². The maximum atomic E-state index is 10.7. The highest BCUT2D eigenvalue weighted by molar-refractivity contribution is 5.82. The minimum absolute atomic E-state index is 0.344. The average molecular weight is 202 g/mol. The van der Waals surface area contributed by atoms with Crippen molar-refractivity contribution in [3.63, 3.8) is 0 Å². The Morgan fingerprint density at radius 3 is 2.80 bits per heavy atom. The van der Waals surface area contributed by atoms with E-state index >= 15 is 0 Å². The van der Waals surface area contributed by atoms with E-state index in [-0.39, 0.29) is 5.97 Å². The number of ether oxygens (including phenoxy) is 1. The molecule has 0 saturated carbocycles. The van der Waals surface area contributed by atoms with Crippen molar-refractivity contribution in [2.45, 2.75) is 6.92 Å². The molecule has 0 aliphatic heterocycles. The first kappa shape index (κ1) is 11.2. The molecular weight excluding hydrogens is 188 g/mol. The van der Waals surface area contributed by atoms with E-state index in [0.717, 1.165) is 5.56 Å². The lowest BCUT2D eigenvalue weighted by Gasteiger charge is -1.93. The molecule has 0 bridgehead atoms. The van der Waals surface area contributed by atoms with Crippen molar-refractivity contribution in [3.8, 4) is 0 Å². The lowest BCUT2D eigenvalue weighted by Crippen LogP contribution is -1.92. The summed E-state index contributed by atoms with van der Waals surface area (Å²) in [5.41, 5.74) is 2.33. The minimum Gasteiger partial charge on any atom is -0.466 e. The zero-order chi connectivity index (χ0) is 11.1. The third-order valence-corrected chi connectivity index (χ3v) is 1.88. The Bertz CT molecular complexity index is 389. The molecule has 0 saturated heterocycles. The molecule has 1 aromatic carbocycles. The Kier molecular flexibility index (Phi) is 4.35. The quantitative estimate of drug-likeness (QED) is 0.428. The molecule has 0 aromatic heterocycles. The zero-order valence-electron chi connectivity index (χ0n) is 8.94. The van der Waals surface area contributed by atoms with Crippen molar-refractivity contribution in [2.75, 3.05) is 7.11 Å². The summed E-state index contributed by atoms with van der Waals surface area (Å²) in [6.07, 6.45) is 6.79. The number of rotatable bonds is 3. The summed E-state index contributed by atoms with van der Waals surface area (Å²) >= 11 is 0. The molecule has 0 unspecified atom stereocenters. The maximum absolute atomic E-state index is 10.7. The van der Waals surface area contributed by atoms with Gasteiger partial charge in [0.1, 0.15) is 0 Å². The molecule has 0 atom stereocenters. The third kappa shape index (κ3) is 4.27. The van der Waals surface area contributed by atoms with Crippen LogP contribution in [0.3, 0.4) is 0 Å². The average Bonchev–Trinajstić information content (AvgIpc) is 2.24. The van der Waals surface area contributed by atoms with Crippen molar-refractivity contribution < 1.29 is 9.53 Å². The minimum atomic E-state index is -0.344. The molecule has 1 aromatic rings. The van der Waals surface area contributed by atoms with Gasteiger partial charge in [-0.25, -0.2) is 4.79 Å². The van der Waals surface area contributed by atoms with Crippen LogP contribution >= 0.6 is 0 Å². The number of allylic oxidation sites excluding steroid dienone is 2. The van der Waals surface area contributed by atoms with Crippen LogP contribution in [0.5, 0.6) is 0 Å². The van der Waals surface area contributed by atoms with Gasteiger partial charge in [-0.15, -0.1) is 0 Å². The molecule has 2 heteroatoms. The SMILES string of the molecule is COC(=O)/C=C\C=C\c1cccc(C)c1. The summed E-state index contributed by atoms with van der Waals surface area (Å²) in [6, 6.07) is 8.12. The van der Waals surface area contributed by atoms with Gasteiger partial charge in [-0.05, 0) is 12.5 Å². The summed E-state index contributed by atoms with van der Waals surface area (Å²) in [5.74, 6) is -0.344. The normalized spacial score (nSPS) is 11.1. The van der Waals surface area contributed by atoms with Crippen LogP contribution in [0.15, 0.2) is 42.5 Å². The van der Waals surface area contributed by atoms with Gasteiger partial charge in [-0.2, -0.15) is 0 Å². The number of benzene rings is 1. The van der Waals surface area contributed by atoms with E-state index in [1.54, 1.807) is 6.08 Å². The molecule has 0 aliphatic carbocycles. The van der Waals surface area contributed by atoms with Crippen molar-refractivity contribution in [3.05, 3.63) is 53.6 Å². The van der Waals surface area contributed by atoms with Crippen LogP contribution < -0.4 is 0 Å². The summed E-state index contributed by atoms with van der Waals surface area (Å²) in [6.45, 7) is 2.04. The first-order valence-corrected chi connectivity index (χ1v) is 4.72. The van der Waals surface area contributed by atoms with Crippen molar-refractivity contribution in [1.29, 1.82) is 0 Å². The van der Waals surface area contributed by atoms with Gasteiger partial charge in [-0.3, -0.25) is 0 Å². The lowest BCUT2D eigenvalue weighted by atomic mass is 10.1. The van der Waals surface area contributed by atoms with Gasteiger partial charge < -0.3 is 4.74 Å². The van der Waals surface area contributed by atoms with E-state index in [1.165, 1.54) is 18.7 Å². The number of hydrogen-bond acceptors (Lipinski definition) is 2. The molecule has 2 nitrogen and oxygen atoms in total. The van der Waals surface area contributed by atoms with Gasteiger partial charge in [0.05, 0.1) is 7.11 Å². The second-order valence-electron chi connectivity index (χ2n) is 3.16. The molecular formula is C13H14O2. The number of carbonyl (C=O) groups is 1. The molecule has 0 aliphatic rings. The number of aryl methyl sites for hydroxylation is 1. The monoisotopic (exact) mass is 202 g/mol. The van der Waals surface area contributed by atoms with Crippen molar-refractivity contribution in [2.24, 2.45) is 0 Å². The van der Waals surface area contributed by atoms with Crippen LogP contribution in [0, 0.1) is 6.92 Å². The van der Waals surface area contributed by atoms with Gasteiger partial charge >= 0.3 is 5.97 Å². The summed E-state index contributed by atoms with van der Waals surface area (Å²) in [5, 5.41) is 0. The highest BCUT2D eigenvalue weighted by Crippen LogP contribution is 2.05. The van der Waals surface area contributed by atoms with Gasteiger partial charge in [0.2, 0.25) is 0 Å². The number of methoxy groups -OCH3 is 1. The van der Waals surface area contributed by atoms with E-state index in [4.69, 9.17) is 0 Å². The first-order chi connectivity index (χ1) is 7.22. The largest absolute Gasteiger partial charge is 0.466 e. The molecule has 15 heavy (non-hydrogen) atoms. The molecule has 0 radical (unpaired) electrons. The zero-order valence-corrected chi connectivity index (χ0v) is 8.94. The van der Waals surface area contributed by atoms with Gasteiger partial charge in [0.25, 0.3) is 0 Å². The Morgan fingerprint density at radius 2 is 2.13 bits per heavy atom. The highest BCUT2D eigenvalue weighted by atomic mass is 16.5. The predicted octanol–water partition coefficient (Wildman–Crippen LogP) is 2.74. The molecule has 0 spiro atoms. The second-order valence-corrected chi connectivity index (χ2v) is 3.16. The fourth-order valence-electron chi connectivity index (χ4n) is 1.14. The lowest BCUT2D eigenvalue weighted by molar-refractivity contribution is -0.134. The Labute approximate surface area is 89.9 Å². The topological polar surface area (TPSA) is 26.3 Å². The molecule has 0 heterocycles. The molecule has 78 valence electrons. The van der Waals surface area contributed by atoms with Crippen LogP contribution in [0.1, 0.15) is 11.1 Å². The van der Waals surface area contributed by atoms with Crippen LogP contribution in [-0.4, -0.2) is 13.1 Å². The maximum Gasteiger partial charge on any atom is 0.330 e. The fraction of sp³-hybridized carbons (Fsp3) is 0.154. The fourth-order valence-corrected chi connectivity index (χ4v) is 1.14. The van der Waals surface area contributed by atoms with Crippen LogP contribution in [0.2, 0.25) is 0 Å². The van der Waals surface area contributed by atoms with Gasteiger partial charge in [0, 0.05) is 6.08 Å². The Hall–Kier alpha value is -1.83. The second kappa shape index (κ2) is 5.81. The predicted molar refractivity (Wildman–Crippen MR) is 61.4 cm³/mol. The first-order valence-electron chi connectivity index (χ1n) is 4.72. The summed E-state index contributed by atoms with van der Waals surface area (Å²) in [4.78, 5) is 10.7. The molecule has 0 fully saturated rings. The third-order valence-electron chi connectivity index (χ3n) is 1.88. The van der Waals surface area contributed by atoms with Crippen LogP contribution in [0.4, 0.5) is 0 Å². The van der Waals surface area contributed by atoms with E-state index < -0.39 is 0 Å². The smallest absolute Gasteiger partial charge is 0.330 e. The number of carbonyl (C=O) groups excluding carboxylic acids is 1. The summed E-state index contributed by atoms with van der Waals surface area (Å²) in [7, 11) is 1.36. The standard InChI is InChI=1S/C13H14O2/c1-11-6-5-8-12(10-11)7-3-4-9-13(14)15-2/h3-10H,1-2H3/b7-3+,9-4-. The van der Waals surface area contributed by atoms with E-state index in [9.17, 15) is 4.79 Å². The van der Waals surface area contributed by atoms with E-state index in [1.807, 2.05) is 37.3 Å². The molecule has 1 rings (SSSR count). The van der Waals surface area contributed by atoms with E-state index in [2.05, 4.69) is 10.8 Å². The molecule has 0 amide bonds. The van der Waals surface area contributed by atoms with Crippen molar-refractivity contribution >= 4 is 12.0 Å². The highest BCUT2D eigenvalue weighted by Gasteiger charge is 1.88. The number of hydrogen-bond donors (Lipinski definition) is 0. The van der Waals surface area contributed by atoms with Crippen LogP contribution in [0.25, 0.3) is 6.08 Å².